The fourth-order valence-corrected chi connectivity index (χ4v) is 2.88. The zero-order valence-corrected chi connectivity index (χ0v) is 13.0. The largest absolute Gasteiger partial charge is 0.353 e. The molecule has 1 amide bonds. The number of amides is 1. The summed E-state index contributed by atoms with van der Waals surface area (Å²) in [6, 6.07) is 6.38. The standard InChI is InChI=1S/C15H15BrN4O/c16-11-1-4-13-9(5-11)6-17-15(19-13)20-7-10(8-20)14(21)18-12-2-3-12/h1,4-6,10,12H,2-3,7-8H2,(H,18,21). The van der Waals surface area contributed by atoms with Crippen molar-refractivity contribution in [2.75, 3.05) is 18.0 Å². The van der Waals surface area contributed by atoms with Crippen LogP contribution in [0.4, 0.5) is 5.95 Å². The molecule has 1 aliphatic heterocycles. The number of nitrogens with one attached hydrogen (secondary N) is 1. The molecule has 0 radical (unpaired) electrons. The maximum atomic E-state index is 11.9. The molecule has 0 unspecified atom stereocenters. The molecule has 1 saturated heterocycles. The summed E-state index contributed by atoms with van der Waals surface area (Å²) < 4.78 is 1.02. The number of carbonyl (C=O) groups is 1. The Kier molecular flexibility index (Phi) is 3.06. The zero-order chi connectivity index (χ0) is 14.4. The highest BCUT2D eigenvalue weighted by Crippen LogP contribution is 2.26. The summed E-state index contributed by atoms with van der Waals surface area (Å²) in [6.45, 7) is 1.42. The van der Waals surface area contributed by atoms with Crippen LogP contribution in [0.2, 0.25) is 0 Å². The Morgan fingerprint density at radius 1 is 1.33 bits per heavy atom. The lowest BCUT2D eigenvalue weighted by molar-refractivity contribution is -0.125. The third kappa shape index (κ3) is 2.60. The second kappa shape index (κ2) is 4.94. The average molecular weight is 347 g/mol. The van der Waals surface area contributed by atoms with Crippen molar-refractivity contribution in [1.29, 1.82) is 0 Å². The number of nitrogens with zero attached hydrogens (tertiary/aromatic N) is 3. The first-order valence-electron chi connectivity index (χ1n) is 7.17. The zero-order valence-electron chi connectivity index (χ0n) is 11.4. The van der Waals surface area contributed by atoms with E-state index in [2.05, 4.69) is 36.1 Å². The van der Waals surface area contributed by atoms with E-state index < -0.39 is 0 Å². The van der Waals surface area contributed by atoms with E-state index >= 15 is 0 Å². The number of benzene rings is 1. The number of hydrogen-bond acceptors (Lipinski definition) is 4. The van der Waals surface area contributed by atoms with Crippen molar-refractivity contribution >= 4 is 38.7 Å². The Morgan fingerprint density at radius 2 is 2.14 bits per heavy atom. The number of carbonyl (C=O) groups excluding carboxylic acids is 1. The summed E-state index contributed by atoms with van der Waals surface area (Å²) in [5.41, 5.74) is 0.925. The van der Waals surface area contributed by atoms with Gasteiger partial charge in [-0.25, -0.2) is 9.97 Å². The number of hydrogen-bond donors (Lipinski definition) is 1. The Hall–Kier alpha value is -1.69. The second-order valence-electron chi connectivity index (χ2n) is 5.76. The molecule has 1 aromatic heterocycles. The number of rotatable bonds is 3. The van der Waals surface area contributed by atoms with Crippen LogP contribution >= 0.6 is 15.9 Å². The van der Waals surface area contributed by atoms with Gasteiger partial charge in [0.25, 0.3) is 0 Å². The third-order valence-electron chi connectivity index (χ3n) is 3.99. The molecular weight excluding hydrogens is 332 g/mol. The molecule has 0 atom stereocenters. The summed E-state index contributed by atoms with van der Waals surface area (Å²) >= 11 is 3.44. The van der Waals surface area contributed by atoms with Crippen LogP contribution in [0.15, 0.2) is 28.9 Å². The van der Waals surface area contributed by atoms with Crippen molar-refractivity contribution < 1.29 is 4.79 Å². The van der Waals surface area contributed by atoms with E-state index in [1.54, 1.807) is 0 Å². The second-order valence-corrected chi connectivity index (χ2v) is 6.67. The molecule has 2 aromatic rings. The molecule has 6 heteroatoms. The minimum absolute atomic E-state index is 0.0785. The van der Waals surface area contributed by atoms with Crippen molar-refractivity contribution in [2.24, 2.45) is 5.92 Å². The summed E-state index contributed by atoms with van der Waals surface area (Å²) in [7, 11) is 0. The first-order chi connectivity index (χ1) is 10.2. The van der Waals surface area contributed by atoms with Gasteiger partial charge in [0.2, 0.25) is 11.9 Å². The van der Waals surface area contributed by atoms with Gasteiger partial charge >= 0.3 is 0 Å². The smallest absolute Gasteiger partial charge is 0.226 e. The van der Waals surface area contributed by atoms with Gasteiger partial charge in [-0.15, -0.1) is 0 Å². The van der Waals surface area contributed by atoms with E-state index in [4.69, 9.17) is 0 Å². The molecule has 0 bridgehead atoms. The quantitative estimate of drug-likeness (QED) is 0.924. The molecule has 4 rings (SSSR count). The Balaban J connectivity index is 1.45. The van der Waals surface area contributed by atoms with Crippen molar-refractivity contribution in [1.82, 2.24) is 15.3 Å². The van der Waals surface area contributed by atoms with Crippen molar-refractivity contribution in [3.8, 4) is 0 Å². The van der Waals surface area contributed by atoms with Gasteiger partial charge in [0.15, 0.2) is 0 Å². The fraction of sp³-hybridized carbons (Fsp3) is 0.400. The van der Waals surface area contributed by atoms with Crippen LogP contribution in [0.1, 0.15) is 12.8 Å². The van der Waals surface area contributed by atoms with E-state index in [1.807, 2.05) is 24.4 Å². The number of aromatic nitrogens is 2. The number of halogens is 1. The summed E-state index contributed by atoms with van der Waals surface area (Å²) in [4.78, 5) is 22.9. The Bertz CT molecular complexity index is 710. The van der Waals surface area contributed by atoms with Crippen molar-refractivity contribution in [3.63, 3.8) is 0 Å². The summed E-state index contributed by atoms with van der Waals surface area (Å²) in [5.74, 6) is 0.966. The Morgan fingerprint density at radius 3 is 2.90 bits per heavy atom. The molecular formula is C15H15BrN4O. The fourth-order valence-electron chi connectivity index (χ4n) is 2.50. The SMILES string of the molecule is O=C(NC1CC1)C1CN(c2ncc3cc(Br)ccc3n2)C1. The number of fused-ring (bicyclic) bond motifs is 1. The minimum Gasteiger partial charge on any atom is -0.353 e. The predicted octanol–water partition coefficient (Wildman–Crippen LogP) is 2.11. The van der Waals surface area contributed by atoms with Gasteiger partial charge < -0.3 is 10.2 Å². The highest BCUT2D eigenvalue weighted by Gasteiger charge is 2.36. The van der Waals surface area contributed by atoms with Gasteiger partial charge in [-0.05, 0) is 31.0 Å². The van der Waals surface area contributed by atoms with E-state index in [0.29, 0.717) is 25.1 Å². The molecule has 21 heavy (non-hydrogen) atoms. The van der Waals surface area contributed by atoms with Crippen LogP contribution in [0, 0.1) is 5.92 Å². The lowest BCUT2D eigenvalue weighted by Crippen LogP contribution is -2.54. The van der Waals surface area contributed by atoms with Crippen LogP contribution in [-0.4, -0.2) is 35.0 Å². The lowest BCUT2D eigenvalue weighted by atomic mass is 10.00. The van der Waals surface area contributed by atoms with E-state index in [0.717, 1.165) is 28.2 Å². The molecule has 1 saturated carbocycles. The van der Waals surface area contributed by atoms with Crippen LogP contribution in [0.25, 0.3) is 10.9 Å². The summed E-state index contributed by atoms with van der Waals surface area (Å²) in [6.07, 6.45) is 4.09. The highest BCUT2D eigenvalue weighted by molar-refractivity contribution is 9.10. The van der Waals surface area contributed by atoms with Gasteiger partial charge in [0, 0.05) is 35.2 Å². The van der Waals surface area contributed by atoms with Crippen molar-refractivity contribution in [3.05, 3.63) is 28.9 Å². The first kappa shape index (κ1) is 13.0. The topological polar surface area (TPSA) is 58.1 Å². The summed E-state index contributed by atoms with van der Waals surface area (Å²) in [5, 5.41) is 4.06. The van der Waals surface area contributed by atoms with Gasteiger partial charge in [-0.2, -0.15) is 0 Å². The monoisotopic (exact) mass is 346 g/mol. The molecule has 1 N–H and O–H groups in total. The first-order valence-corrected chi connectivity index (χ1v) is 7.96. The average Bonchev–Trinajstić information content (AvgIpc) is 3.21. The molecule has 108 valence electrons. The predicted molar refractivity (Wildman–Crippen MR) is 84.1 cm³/mol. The normalized spacial score (nSPS) is 18.6. The molecule has 0 spiro atoms. The molecule has 1 aromatic carbocycles. The van der Waals surface area contributed by atoms with Gasteiger partial charge in [0.1, 0.15) is 0 Å². The van der Waals surface area contributed by atoms with Crippen molar-refractivity contribution in [2.45, 2.75) is 18.9 Å². The molecule has 2 aliphatic rings. The van der Waals surface area contributed by atoms with Crippen LogP contribution < -0.4 is 10.2 Å². The van der Waals surface area contributed by atoms with E-state index in [1.165, 1.54) is 0 Å². The third-order valence-corrected chi connectivity index (χ3v) is 4.48. The highest BCUT2D eigenvalue weighted by atomic mass is 79.9. The van der Waals surface area contributed by atoms with Gasteiger partial charge in [-0.3, -0.25) is 4.79 Å². The van der Waals surface area contributed by atoms with E-state index in [-0.39, 0.29) is 11.8 Å². The minimum atomic E-state index is 0.0785. The lowest BCUT2D eigenvalue weighted by Gasteiger charge is -2.38. The maximum absolute atomic E-state index is 11.9. The van der Waals surface area contributed by atoms with Crippen LogP contribution in [0.3, 0.4) is 0 Å². The van der Waals surface area contributed by atoms with Crippen LogP contribution in [-0.2, 0) is 4.79 Å². The van der Waals surface area contributed by atoms with Crippen LogP contribution in [0.5, 0.6) is 0 Å². The maximum Gasteiger partial charge on any atom is 0.226 e. The molecule has 2 fully saturated rings. The molecule has 2 heterocycles. The van der Waals surface area contributed by atoms with Gasteiger partial charge in [0.05, 0.1) is 11.4 Å². The van der Waals surface area contributed by atoms with E-state index in [9.17, 15) is 4.79 Å². The molecule has 5 nitrogen and oxygen atoms in total. The molecule has 1 aliphatic carbocycles. The van der Waals surface area contributed by atoms with Gasteiger partial charge in [-0.1, -0.05) is 15.9 Å². The Labute approximate surface area is 130 Å². The number of anilines is 1.